The number of rotatable bonds is 6. The maximum atomic E-state index is 12.4. The second kappa shape index (κ2) is 7.25. The van der Waals surface area contributed by atoms with Crippen LogP contribution in [0.15, 0.2) is 59.5 Å². The van der Waals surface area contributed by atoms with Crippen molar-refractivity contribution in [2.45, 2.75) is 11.8 Å². The van der Waals surface area contributed by atoms with Crippen LogP contribution in [0.2, 0.25) is 0 Å². The molecule has 1 aliphatic heterocycles. The van der Waals surface area contributed by atoms with Crippen molar-refractivity contribution in [3.8, 4) is 0 Å². The molecule has 3 N–H and O–H groups in total. The molecule has 0 saturated carbocycles. The number of amides is 1. The van der Waals surface area contributed by atoms with Gasteiger partial charge < -0.3 is 10.6 Å². The van der Waals surface area contributed by atoms with Gasteiger partial charge in [-0.3, -0.25) is 9.52 Å². The highest BCUT2D eigenvalue weighted by Gasteiger charge is 2.28. The quantitative estimate of drug-likeness (QED) is 0.738. The SMILES string of the molecule is CC(C(=O)Nc1cccc(NS(=O)(=O)c2ccccc2)c1)C1CNC1. The number of nitrogens with one attached hydrogen (secondary N) is 3. The van der Waals surface area contributed by atoms with Crippen LogP contribution >= 0.6 is 0 Å². The number of hydrogen-bond acceptors (Lipinski definition) is 4. The van der Waals surface area contributed by atoms with Gasteiger partial charge in [0, 0.05) is 11.6 Å². The van der Waals surface area contributed by atoms with Crippen LogP contribution in [0.4, 0.5) is 11.4 Å². The maximum absolute atomic E-state index is 12.4. The third-order valence-electron chi connectivity index (χ3n) is 4.37. The third-order valence-corrected chi connectivity index (χ3v) is 5.77. The lowest BCUT2D eigenvalue weighted by Gasteiger charge is -2.31. The fraction of sp³-hybridized carbons (Fsp3) is 0.278. The topological polar surface area (TPSA) is 87.3 Å². The fourth-order valence-corrected chi connectivity index (χ4v) is 3.68. The lowest BCUT2D eigenvalue weighted by Crippen LogP contribution is -2.48. The molecule has 0 radical (unpaired) electrons. The molecule has 1 amide bonds. The zero-order valence-corrected chi connectivity index (χ0v) is 14.7. The van der Waals surface area contributed by atoms with Crippen molar-refractivity contribution in [3.05, 3.63) is 54.6 Å². The van der Waals surface area contributed by atoms with Crippen LogP contribution in [0.3, 0.4) is 0 Å². The first-order valence-corrected chi connectivity index (χ1v) is 9.63. The second-order valence-electron chi connectivity index (χ2n) is 6.20. The largest absolute Gasteiger partial charge is 0.326 e. The minimum absolute atomic E-state index is 0.0606. The predicted molar refractivity (Wildman–Crippen MR) is 97.8 cm³/mol. The number of benzene rings is 2. The van der Waals surface area contributed by atoms with Crippen molar-refractivity contribution in [3.63, 3.8) is 0 Å². The van der Waals surface area contributed by atoms with Crippen LogP contribution < -0.4 is 15.4 Å². The molecule has 7 heteroatoms. The lowest BCUT2D eigenvalue weighted by molar-refractivity contribution is -0.121. The van der Waals surface area contributed by atoms with E-state index in [1.807, 2.05) is 6.92 Å². The minimum atomic E-state index is -3.65. The lowest BCUT2D eigenvalue weighted by atomic mass is 9.88. The van der Waals surface area contributed by atoms with Gasteiger partial charge in [-0.05, 0) is 49.3 Å². The van der Waals surface area contributed by atoms with Gasteiger partial charge in [-0.25, -0.2) is 8.42 Å². The fourth-order valence-electron chi connectivity index (χ4n) is 2.61. The molecular formula is C18H21N3O3S. The first kappa shape index (κ1) is 17.4. The van der Waals surface area contributed by atoms with Gasteiger partial charge in [0.2, 0.25) is 5.91 Å². The van der Waals surface area contributed by atoms with Gasteiger partial charge >= 0.3 is 0 Å². The van der Waals surface area contributed by atoms with E-state index in [4.69, 9.17) is 0 Å². The van der Waals surface area contributed by atoms with Crippen molar-refractivity contribution in [2.75, 3.05) is 23.1 Å². The standard InChI is InChI=1S/C18H21N3O3S/c1-13(14-11-19-12-14)18(22)20-15-6-5-7-16(10-15)21-25(23,24)17-8-3-2-4-9-17/h2-10,13-14,19,21H,11-12H2,1H3,(H,20,22). The molecule has 0 bridgehead atoms. The molecule has 2 aromatic carbocycles. The van der Waals surface area contributed by atoms with Crippen LogP contribution in [0, 0.1) is 11.8 Å². The average molecular weight is 359 g/mol. The van der Waals surface area contributed by atoms with Crippen LogP contribution in [0.25, 0.3) is 0 Å². The van der Waals surface area contributed by atoms with Gasteiger partial charge in [0.1, 0.15) is 0 Å². The zero-order valence-electron chi connectivity index (χ0n) is 13.9. The summed E-state index contributed by atoms with van der Waals surface area (Å²) < 4.78 is 27.3. The maximum Gasteiger partial charge on any atom is 0.261 e. The average Bonchev–Trinajstić information content (AvgIpc) is 2.54. The first-order valence-electron chi connectivity index (χ1n) is 8.15. The van der Waals surface area contributed by atoms with Gasteiger partial charge in [0.15, 0.2) is 0 Å². The summed E-state index contributed by atoms with van der Waals surface area (Å²) in [7, 11) is -3.65. The van der Waals surface area contributed by atoms with E-state index in [1.165, 1.54) is 12.1 Å². The van der Waals surface area contributed by atoms with E-state index in [1.54, 1.807) is 42.5 Å². The normalized spacial score (nSPS) is 15.9. The number of carbonyl (C=O) groups excluding carboxylic acids is 1. The number of anilines is 2. The van der Waals surface area contributed by atoms with Gasteiger partial charge in [-0.15, -0.1) is 0 Å². The van der Waals surface area contributed by atoms with E-state index in [2.05, 4.69) is 15.4 Å². The summed E-state index contributed by atoms with van der Waals surface area (Å²) >= 11 is 0. The van der Waals surface area contributed by atoms with Crippen LogP contribution in [-0.2, 0) is 14.8 Å². The Morgan fingerprint density at radius 1 is 1.08 bits per heavy atom. The predicted octanol–water partition coefficient (Wildman–Crippen LogP) is 2.28. The number of carbonyl (C=O) groups is 1. The van der Waals surface area contributed by atoms with Gasteiger partial charge in [0.25, 0.3) is 10.0 Å². The Labute approximate surface area is 147 Å². The second-order valence-corrected chi connectivity index (χ2v) is 7.88. The number of hydrogen-bond donors (Lipinski definition) is 3. The van der Waals surface area contributed by atoms with Crippen molar-refractivity contribution >= 4 is 27.3 Å². The molecule has 1 saturated heterocycles. The smallest absolute Gasteiger partial charge is 0.261 e. The Hall–Kier alpha value is -2.38. The summed E-state index contributed by atoms with van der Waals surface area (Å²) in [6.45, 7) is 3.61. The molecule has 6 nitrogen and oxygen atoms in total. The van der Waals surface area contributed by atoms with Crippen molar-refractivity contribution in [2.24, 2.45) is 11.8 Å². The Morgan fingerprint density at radius 3 is 2.40 bits per heavy atom. The van der Waals surface area contributed by atoms with E-state index < -0.39 is 10.0 Å². The Balaban J connectivity index is 1.70. The highest BCUT2D eigenvalue weighted by atomic mass is 32.2. The Bertz CT molecular complexity index is 849. The van der Waals surface area contributed by atoms with Gasteiger partial charge in [-0.2, -0.15) is 0 Å². The molecule has 3 rings (SSSR count). The van der Waals surface area contributed by atoms with E-state index in [0.29, 0.717) is 17.3 Å². The van der Waals surface area contributed by atoms with Crippen LogP contribution in [-0.4, -0.2) is 27.4 Å². The summed E-state index contributed by atoms with van der Waals surface area (Å²) in [4.78, 5) is 12.5. The van der Waals surface area contributed by atoms with Crippen LogP contribution in [0.5, 0.6) is 0 Å². The van der Waals surface area contributed by atoms with Crippen molar-refractivity contribution < 1.29 is 13.2 Å². The van der Waals surface area contributed by atoms with Crippen LogP contribution in [0.1, 0.15) is 6.92 Å². The van der Waals surface area contributed by atoms with E-state index >= 15 is 0 Å². The van der Waals surface area contributed by atoms with Gasteiger partial charge in [-0.1, -0.05) is 31.2 Å². The third kappa shape index (κ3) is 4.18. The molecule has 0 aromatic heterocycles. The molecule has 1 aliphatic rings. The molecular weight excluding hydrogens is 338 g/mol. The summed E-state index contributed by atoms with van der Waals surface area (Å²) in [6.07, 6.45) is 0. The Morgan fingerprint density at radius 2 is 1.76 bits per heavy atom. The molecule has 0 aliphatic carbocycles. The minimum Gasteiger partial charge on any atom is -0.326 e. The summed E-state index contributed by atoms with van der Waals surface area (Å²) in [5.41, 5.74) is 0.969. The zero-order chi connectivity index (χ0) is 17.9. The van der Waals surface area contributed by atoms with E-state index in [0.717, 1.165) is 13.1 Å². The molecule has 1 fully saturated rings. The summed E-state index contributed by atoms with van der Waals surface area (Å²) in [6, 6.07) is 14.9. The Kier molecular flexibility index (Phi) is 5.06. The summed E-state index contributed by atoms with van der Waals surface area (Å²) in [5.74, 6) is 0.195. The van der Waals surface area contributed by atoms with Crippen molar-refractivity contribution in [1.29, 1.82) is 0 Å². The molecule has 132 valence electrons. The number of sulfonamides is 1. The molecule has 1 unspecified atom stereocenters. The molecule has 1 atom stereocenters. The monoisotopic (exact) mass is 359 g/mol. The molecule has 2 aromatic rings. The highest BCUT2D eigenvalue weighted by molar-refractivity contribution is 7.92. The molecule has 0 spiro atoms. The van der Waals surface area contributed by atoms with E-state index in [-0.39, 0.29) is 16.7 Å². The highest BCUT2D eigenvalue weighted by Crippen LogP contribution is 2.22. The molecule has 1 heterocycles. The first-order chi connectivity index (χ1) is 12.0. The molecule has 25 heavy (non-hydrogen) atoms. The van der Waals surface area contributed by atoms with Gasteiger partial charge in [0.05, 0.1) is 10.6 Å². The van der Waals surface area contributed by atoms with Crippen molar-refractivity contribution in [1.82, 2.24) is 5.32 Å². The summed E-state index contributed by atoms with van der Waals surface area (Å²) in [5, 5.41) is 6.01. The van der Waals surface area contributed by atoms with E-state index in [9.17, 15) is 13.2 Å².